The average molecular weight is 313 g/mol. The molecule has 4 heteroatoms. The van der Waals surface area contributed by atoms with Gasteiger partial charge in [-0.2, -0.15) is 0 Å². The number of hydrogen-bond acceptors (Lipinski definition) is 3. The van der Waals surface area contributed by atoms with Gasteiger partial charge in [0.1, 0.15) is 5.75 Å². The Morgan fingerprint density at radius 2 is 2.22 bits per heavy atom. The van der Waals surface area contributed by atoms with E-state index in [2.05, 4.69) is 52.1 Å². The first kappa shape index (κ1) is 13.7. The molecular formula is C14H21BrN2O. The van der Waals surface area contributed by atoms with Crippen molar-refractivity contribution in [1.29, 1.82) is 0 Å². The minimum Gasteiger partial charge on any atom is -0.496 e. The lowest BCUT2D eigenvalue weighted by Crippen LogP contribution is -2.37. The van der Waals surface area contributed by atoms with Crippen LogP contribution in [-0.4, -0.2) is 32.3 Å². The largest absolute Gasteiger partial charge is 0.496 e. The van der Waals surface area contributed by atoms with Crippen LogP contribution in [0.15, 0.2) is 22.7 Å². The van der Waals surface area contributed by atoms with E-state index >= 15 is 0 Å². The molecule has 18 heavy (non-hydrogen) atoms. The summed E-state index contributed by atoms with van der Waals surface area (Å²) in [5.41, 5.74) is 1.26. The molecule has 1 heterocycles. The highest BCUT2D eigenvalue weighted by atomic mass is 79.9. The molecule has 1 fully saturated rings. The van der Waals surface area contributed by atoms with Crippen molar-refractivity contribution in [2.75, 3.05) is 25.1 Å². The van der Waals surface area contributed by atoms with Gasteiger partial charge in [0, 0.05) is 30.9 Å². The Labute approximate surface area is 118 Å². The minimum absolute atomic E-state index is 0.553. The maximum Gasteiger partial charge on any atom is 0.133 e. The summed E-state index contributed by atoms with van der Waals surface area (Å²) in [5, 5.41) is 3.60. The van der Waals surface area contributed by atoms with Gasteiger partial charge < -0.3 is 15.0 Å². The molecule has 0 amide bonds. The fourth-order valence-corrected chi connectivity index (χ4v) is 2.98. The van der Waals surface area contributed by atoms with E-state index in [1.54, 1.807) is 7.11 Å². The Bertz CT molecular complexity index is 409. The summed E-state index contributed by atoms with van der Waals surface area (Å²) in [7, 11) is 1.69. The molecule has 1 N–H and O–H groups in total. The van der Waals surface area contributed by atoms with Crippen molar-refractivity contribution in [2.24, 2.45) is 0 Å². The molecule has 1 saturated heterocycles. The van der Waals surface area contributed by atoms with Crippen LogP contribution in [0.25, 0.3) is 0 Å². The summed E-state index contributed by atoms with van der Waals surface area (Å²) in [5.74, 6) is 0.884. The minimum atomic E-state index is 0.553. The first-order chi connectivity index (χ1) is 8.60. The van der Waals surface area contributed by atoms with Crippen LogP contribution in [0.2, 0.25) is 0 Å². The summed E-state index contributed by atoms with van der Waals surface area (Å²) in [6.45, 7) is 6.60. The first-order valence-corrected chi connectivity index (χ1v) is 7.24. The average Bonchev–Trinajstić information content (AvgIpc) is 2.76. The third kappa shape index (κ3) is 3.18. The quantitative estimate of drug-likeness (QED) is 0.925. The van der Waals surface area contributed by atoms with Crippen molar-refractivity contribution in [1.82, 2.24) is 5.32 Å². The van der Waals surface area contributed by atoms with E-state index in [1.807, 2.05) is 6.07 Å². The predicted molar refractivity (Wildman–Crippen MR) is 79.6 cm³/mol. The lowest BCUT2D eigenvalue weighted by Gasteiger charge is -2.21. The van der Waals surface area contributed by atoms with Gasteiger partial charge in [0.2, 0.25) is 0 Å². The van der Waals surface area contributed by atoms with E-state index in [1.165, 1.54) is 12.1 Å². The molecule has 1 atom stereocenters. The van der Waals surface area contributed by atoms with Crippen LogP contribution in [0.3, 0.4) is 0 Å². The standard InChI is InChI=1S/C14H21BrN2O/c1-10(2)16-11-6-7-17(9-11)12-4-5-14(18-3)13(15)8-12/h4-5,8,10-11,16H,6-7,9H2,1-3H3. The SMILES string of the molecule is COc1ccc(N2CCC(NC(C)C)C2)cc1Br. The number of methoxy groups -OCH3 is 1. The van der Waals surface area contributed by atoms with Crippen LogP contribution in [-0.2, 0) is 0 Å². The Hall–Kier alpha value is -0.740. The second kappa shape index (κ2) is 5.93. The van der Waals surface area contributed by atoms with Crippen LogP contribution in [0.4, 0.5) is 5.69 Å². The Kier molecular flexibility index (Phi) is 4.51. The van der Waals surface area contributed by atoms with Crippen LogP contribution in [0.5, 0.6) is 5.75 Å². The molecule has 0 bridgehead atoms. The number of nitrogens with zero attached hydrogens (tertiary/aromatic N) is 1. The fourth-order valence-electron chi connectivity index (χ4n) is 2.45. The van der Waals surface area contributed by atoms with Gasteiger partial charge in [-0.15, -0.1) is 0 Å². The van der Waals surface area contributed by atoms with Gasteiger partial charge in [-0.25, -0.2) is 0 Å². The molecule has 0 saturated carbocycles. The molecule has 0 aromatic heterocycles. The summed E-state index contributed by atoms with van der Waals surface area (Å²) < 4.78 is 6.28. The van der Waals surface area contributed by atoms with Gasteiger partial charge >= 0.3 is 0 Å². The maximum atomic E-state index is 5.26. The molecule has 2 rings (SSSR count). The van der Waals surface area contributed by atoms with E-state index in [-0.39, 0.29) is 0 Å². The summed E-state index contributed by atoms with van der Waals surface area (Å²) >= 11 is 3.54. The van der Waals surface area contributed by atoms with Gasteiger partial charge in [0.15, 0.2) is 0 Å². The van der Waals surface area contributed by atoms with E-state index < -0.39 is 0 Å². The molecule has 1 aromatic carbocycles. The van der Waals surface area contributed by atoms with Crippen LogP contribution in [0.1, 0.15) is 20.3 Å². The van der Waals surface area contributed by atoms with E-state index in [9.17, 15) is 0 Å². The lowest BCUT2D eigenvalue weighted by molar-refractivity contribution is 0.412. The summed E-state index contributed by atoms with van der Waals surface area (Å²) in [6, 6.07) is 7.43. The van der Waals surface area contributed by atoms with Gasteiger partial charge in [-0.05, 0) is 40.5 Å². The topological polar surface area (TPSA) is 24.5 Å². The third-order valence-electron chi connectivity index (χ3n) is 3.26. The number of benzene rings is 1. The molecule has 0 aliphatic carbocycles. The first-order valence-electron chi connectivity index (χ1n) is 6.44. The molecule has 1 aliphatic heterocycles. The van der Waals surface area contributed by atoms with E-state index in [0.717, 1.165) is 23.3 Å². The Morgan fingerprint density at radius 1 is 1.44 bits per heavy atom. The highest BCUT2D eigenvalue weighted by molar-refractivity contribution is 9.10. The fraction of sp³-hybridized carbons (Fsp3) is 0.571. The predicted octanol–water partition coefficient (Wildman–Crippen LogP) is 3.03. The number of halogens is 1. The number of hydrogen-bond donors (Lipinski definition) is 1. The van der Waals surface area contributed by atoms with Gasteiger partial charge in [0.05, 0.1) is 11.6 Å². The van der Waals surface area contributed by atoms with Gasteiger partial charge in [0.25, 0.3) is 0 Å². The number of nitrogens with one attached hydrogen (secondary N) is 1. The number of anilines is 1. The second-order valence-corrected chi connectivity index (χ2v) is 5.93. The smallest absolute Gasteiger partial charge is 0.133 e. The van der Waals surface area contributed by atoms with Crippen LogP contribution >= 0.6 is 15.9 Å². The third-order valence-corrected chi connectivity index (χ3v) is 3.88. The molecule has 1 aliphatic rings. The van der Waals surface area contributed by atoms with Crippen LogP contribution in [0, 0.1) is 0 Å². The summed E-state index contributed by atoms with van der Waals surface area (Å²) in [6.07, 6.45) is 1.21. The molecule has 3 nitrogen and oxygen atoms in total. The zero-order valence-electron chi connectivity index (χ0n) is 11.2. The lowest BCUT2D eigenvalue weighted by atomic mass is 10.2. The van der Waals surface area contributed by atoms with Crippen molar-refractivity contribution in [2.45, 2.75) is 32.4 Å². The molecule has 0 spiro atoms. The van der Waals surface area contributed by atoms with Crippen molar-refractivity contribution in [3.63, 3.8) is 0 Å². The normalized spacial score (nSPS) is 19.6. The number of rotatable bonds is 4. The molecular weight excluding hydrogens is 292 g/mol. The Balaban J connectivity index is 2.03. The number of ether oxygens (including phenoxy) is 1. The molecule has 1 aromatic rings. The zero-order valence-corrected chi connectivity index (χ0v) is 12.8. The highest BCUT2D eigenvalue weighted by Crippen LogP contribution is 2.31. The monoisotopic (exact) mass is 312 g/mol. The molecule has 0 radical (unpaired) electrons. The van der Waals surface area contributed by atoms with E-state index in [0.29, 0.717) is 12.1 Å². The molecule has 100 valence electrons. The van der Waals surface area contributed by atoms with Crippen molar-refractivity contribution in [3.05, 3.63) is 22.7 Å². The van der Waals surface area contributed by atoms with E-state index in [4.69, 9.17) is 4.74 Å². The van der Waals surface area contributed by atoms with Crippen LogP contribution < -0.4 is 15.0 Å². The Morgan fingerprint density at radius 3 is 2.83 bits per heavy atom. The zero-order chi connectivity index (χ0) is 13.1. The molecule has 1 unspecified atom stereocenters. The maximum absolute atomic E-state index is 5.26. The summed E-state index contributed by atoms with van der Waals surface area (Å²) in [4.78, 5) is 2.42. The second-order valence-electron chi connectivity index (χ2n) is 5.07. The van der Waals surface area contributed by atoms with Crippen molar-refractivity contribution >= 4 is 21.6 Å². The van der Waals surface area contributed by atoms with Crippen molar-refractivity contribution in [3.8, 4) is 5.75 Å². The van der Waals surface area contributed by atoms with Gasteiger partial charge in [-0.3, -0.25) is 0 Å². The van der Waals surface area contributed by atoms with Gasteiger partial charge in [-0.1, -0.05) is 13.8 Å². The highest BCUT2D eigenvalue weighted by Gasteiger charge is 2.23. The van der Waals surface area contributed by atoms with Crippen molar-refractivity contribution < 1.29 is 4.74 Å².